The van der Waals surface area contributed by atoms with Crippen LogP contribution in [0.3, 0.4) is 0 Å². The highest BCUT2D eigenvalue weighted by Crippen LogP contribution is 2.33. The highest BCUT2D eigenvalue weighted by Gasteiger charge is 2.14. The lowest BCUT2D eigenvalue weighted by atomic mass is 10.3. The van der Waals surface area contributed by atoms with Gasteiger partial charge in [-0.1, -0.05) is 23.2 Å². The zero-order chi connectivity index (χ0) is 14.0. The normalized spacial score (nSPS) is 10.5. The van der Waals surface area contributed by atoms with Crippen molar-refractivity contribution in [2.24, 2.45) is 0 Å². The Morgan fingerprint density at radius 2 is 1.95 bits per heavy atom. The van der Waals surface area contributed by atoms with E-state index in [2.05, 4.69) is 9.84 Å². The lowest BCUT2D eigenvalue weighted by Crippen LogP contribution is -2.03. The van der Waals surface area contributed by atoms with Crippen LogP contribution in [0.1, 0.15) is 5.69 Å². The van der Waals surface area contributed by atoms with Crippen LogP contribution < -0.4 is 4.74 Å². The number of benzene rings is 1. The summed E-state index contributed by atoms with van der Waals surface area (Å²) in [6, 6.07) is 5.71. The molecule has 0 saturated carbocycles. The second kappa shape index (κ2) is 5.43. The van der Waals surface area contributed by atoms with E-state index in [4.69, 9.17) is 28.5 Å². The van der Waals surface area contributed by atoms with Gasteiger partial charge in [0.25, 0.3) is 0 Å². The molecule has 0 spiro atoms. The summed E-state index contributed by atoms with van der Waals surface area (Å²) in [6.45, 7) is -2.96. The van der Waals surface area contributed by atoms with Gasteiger partial charge in [0.05, 0.1) is 10.0 Å². The summed E-state index contributed by atoms with van der Waals surface area (Å²) in [5.41, 5.74) is 0.464. The first kappa shape index (κ1) is 13.6. The molecule has 0 fully saturated rings. The molecule has 0 aliphatic carbocycles. The van der Waals surface area contributed by atoms with Gasteiger partial charge in [-0.05, 0) is 6.07 Å². The maximum absolute atomic E-state index is 12.1. The van der Waals surface area contributed by atoms with Crippen molar-refractivity contribution in [3.63, 3.8) is 0 Å². The molecule has 0 unspecified atom stereocenters. The summed E-state index contributed by atoms with van der Waals surface area (Å²) < 4.78 is 29.7. The first-order chi connectivity index (χ1) is 9.01. The van der Waals surface area contributed by atoms with Crippen LogP contribution in [0.5, 0.6) is 5.75 Å². The van der Waals surface area contributed by atoms with E-state index in [0.29, 0.717) is 0 Å². The average molecular weight is 304 g/mol. The molecule has 2 rings (SSSR count). The zero-order valence-corrected chi connectivity index (χ0v) is 10.7. The summed E-state index contributed by atoms with van der Waals surface area (Å²) >= 11 is 11.9. The number of halogens is 4. The number of alkyl halides is 2. The van der Waals surface area contributed by atoms with Gasteiger partial charge >= 0.3 is 6.61 Å². The zero-order valence-electron chi connectivity index (χ0n) is 9.15. The second-order valence-corrected chi connectivity index (χ2v) is 4.19. The van der Waals surface area contributed by atoms with Gasteiger partial charge in [-0.15, -0.1) is 0 Å². The smallest absolute Gasteiger partial charge is 0.387 e. The third-order valence-electron chi connectivity index (χ3n) is 2.15. The molecule has 19 heavy (non-hydrogen) atoms. The minimum Gasteiger partial charge on any atom is -0.435 e. The Bertz CT molecular complexity index is 629. The van der Waals surface area contributed by atoms with Crippen LogP contribution in [0, 0.1) is 11.3 Å². The number of nitrogens with zero attached hydrogens (tertiary/aromatic N) is 3. The topological polar surface area (TPSA) is 50.8 Å². The Morgan fingerprint density at radius 1 is 1.32 bits per heavy atom. The molecule has 1 aromatic heterocycles. The van der Waals surface area contributed by atoms with E-state index in [1.165, 1.54) is 29.1 Å². The molecule has 0 radical (unpaired) electrons. The Kier molecular flexibility index (Phi) is 3.88. The van der Waals surface area contributed by atoms with Gasteiger partial charge in [0.15, 0.2) is 5.69 Å². The van der Waals surface area contributed by atoms with Crippen LogP contribution in [0.25, 0.3) is 5.69 Å². The van der Waals surface area contributed by atoms with E-state index >= 15 is 0 Å². The fourth-order valence-electron chi connectivity index (χ4n) is 1.44. The minimum atomic E-state index is -2.96. The second-order valence-electron chi connectivity index (χ2n) is 3.37. The van der Waals surface area contributed by atoms with Crippen molar-refractivity contribution in [3.8, 4) is 17.5 Å². The maximum Gasteiger partial charge on any atom is 0.387 e. The summed E-state index contributed by atoms with van der Waals surface area (Å²) in [7, 11) is 0. The van der Waals surface area contributed by atoms with Crippen LogP contribution in [-0.2, 0) is 0 Å². The van der Waals surface area contributed by atoms with Gasteiger partial charge in [-0.3, -0.25) is 0 Å². The van der Waals surface area contributed by atoms with Crippen molar-refractivity contribution < 1.29 is 13.5 Å². The van der Waals surface area contributed by atoms with E-state index in [0.717, 1.165) is 0 Å². The molecule has 1 heterocycles. The summed E-state index contributed by atoms with van der Waals surface area (Å²) in [4.78, 5) is 0. The third kappa shape index (κ3) is 2.95. The quantitative estimate of drug-likeness (QED) is 0.869. The van der Waals surface area contributed by atoms with Gasteiger partial charge in [0.2, 0.25) is 0 Å². The van der Waals surface area contributed by atoms with Crippen molar-refractivity contribution in [1.29, 1.82) is 5.26 Å². The average Bonchev–Trinajstić information content (AvgIpc) is 2.75. The van der Waals surface area contributed by atoms with Gasteiger partial charge in [-0.2, -0.15) is 19.1 Å². The molecule has 0 aliphatic rings. The molecule has 1 aromatic carbocycles. The Morgan fingerprint density at radius 3 is 2.42 bits per heavy atom. The van der Waals surface area contributed by atoms with Crippen LogP contribution >= 0.6 is 23.2 Å². The number of hydrogen-bond donors (Lipinski definition) is 0. The Hall–Kier alpha value is -1.84. The number of aromatic nitrogens is 2. The number of rotatable bonds is 3. The summed E-state index contributed by atoms with van der Waals surface area (Å²) in [5, 5.41) is 12.8. The van der Waals surface area contributed by atoms with Crippen molar-refractivity contribution in [2.45, 2.75) is 6.61 Å². The predicted octanol–water partition coefficient (Wildman–Crippen LogP) is 3.65. The van der Waals surface area contributed by atoms with Crippen LogP contribution in [-0.4, -0.2) is 16.4 Å². The summed E-state index contributed by atoms with van der Waals surface area (Å²) in [5.74, 6) is -0.151. The van der Waals surface area contributed by atoms with E-state index in [9.17, 15) is 8.78 Å². The van der Waals surface area contributed by atoms with Crippen molar-refractivity contribution in [2.75, 3.05) is 0 Å². The maximum atomic E-state index is 12.1. The van der Waals surface area contributed by atoms with Gasteiger partial charge in [0, 0.05) is 18.3 Å². The van der Waals surface area contributed by atoms with E-state index in [-0.39, 0.29) is 27.2 Å². The fourth-order valence-corrected chi connectivity index (χ4v) is 2.08. The lowest BCUT2D eigenvalue weighted by molar-refractivity contribution is -0.0498. The number of ether oxygens (including phenoxy) is 1. The molecule has 0 aliphatic heterocycles. The van der Waals surface area contributed by atoms with E-state index in [1.54, 1.807) is 0 Å². The van der Waals surface area contributed by atoms with Gasteiger partial charge in [0.1, 0.15) is 17.5 Å². The molecule has 0 N–H and O–H groups in total. The third-order valence-corrected chi connectivity index (χ3v) is 2.72. The molecule has 2 aromatic rings. The van der Waals surface area contributed by atoms with E-state index < -0.39 is 6.61 Å². The van der Waals surface area contributed by atoms with E-state index in [1.807, 2.05) is 6.07 Å². The van der Waals surface area contributed by atoms with Gasteiger partial charge in [-0.25, -0.2) is 4.68 Å². The van der Waals surface area contributed by atoms with Gasteiger partial charge < -0.3 is 4.74 Å². The SMILES string of the molecule is N#Cc1ccn(-c2c(Cl)cc(OC(F)F)cc2Cl)n1. The highest BCUT2D eigenvalue weighted by molar-refractivity contribution is 6.38. The molecule has 0 bridgehead atoms. The predicted molar refractivity (Wildman–Crippen MR) is 64.9 cm³/mol. The van der Waals surface area contributed by atoms with Crippen LogP contribution in [0.2, 0.25) is 10.0 Å². The summed E-state index contributed by atoms with van der Waals surface area (Å²) in [6.07, 6.45) is 1.49. The largest absolute Gasteiger partial charge is 0.435 e. The molecule has 4 nitrogen and oxygen atoms in total. The molecule has 0 amide bonds. The molecule has 98 valence electrons. The molecule has 0 atom stereocenters. The molecule has 0 saturated heterocycles. The molecular weight excluding hydrogens is 299 g/mol. The number of hydrogen-bond acceptors (Lipinski definition) is 3. The first-order valence-electron chi connectivity index (χ1n) is 4.91. The monoisotopic (exact) mass is 303 g/mol. The van der Waals surface area contributed by atoms with Crippen molar-refractivity contribution >= 4 is 23.2 Å². The van der Waals surface area contributed by atoms with Crippen molar-refractivity contribution in [1.82, 2.24) is 9.78 Å². The van der Waals surface area contributed by atoms with Crippen molar-refractivity contribution in [3.05, 3.63) is 40.1 Å². The van der Waals surface area contributed by atoms with Crippen LogP contribution in [0.15, 0.2) is 24.4 Å². The molecule has 8 heteroatoms. The fraction of sp³-hybridized carbons (Fsp3) is 0.0909. The number of nitriles is 1. The standard InChI is InChI=1S/C11H5Cl2F2N3O/c12-8-3-7(19-11(14)15)4-9(13)10(8)18-2-1-6(5-16)17-18/h1-4,11H. The Labute approximate surface area is 116 Å². The Balaban J connectivity index is 2.45. The lowest BCUT2D eigenvalue weighted by Gasteiger charge is -2.10. The molecular formula is C11H5Cl2F2N3O. The first-order valence-corrected chi connectivity index (χ1v) is 5.67. The minimum absolute atomic E-state index is 0.0794. The van der Waals surface area contributed by atoms with Crippen LogP contribution in [0.4, 0.5) is 8.78 Å². The highest BCUT2D eigenvalue weighted by atomic mass is 35.5.